The summed E-state index contributed by atoms with van der Waals surface area (Å²) in [5, 5.41) is 1.83. The number of hydrogen-bond donors (Lipinski definition) is 2. The fourth-order valence-corrected chi connectivity index (χ4v) is 4.67. The van der Waals surface area contributed by atoms with Gasteiger partial charge in [-0.25, -0.2) is 8.42 Å². The van der Waals surface area contributed by atoms with Gasteiger partial charge < -0.3 is 5.32 Å². The van der Waals surface area contributed by atoms with Gasteiger partial charge in [0.2, 0.25) is 0 Å². The largest absolute Gasteiger partial charge is 0.418 e. The minimum absolute atomic E-state index is 0.155. The number of carbonyl (C=O) groups excluding carboxylic acids is 1. The number of benzene rings is 3. The Morgan fingerprint density at radius 2 is 1.61 bits per heavy atom. The van der Waals surface area contributed by atoms with Crippen molar-refractivity contribution in [2.45, 2.75) is 24.9 Å². The van der Waals surface area contributed by atoms with Crippen LogP contribution in [0, 0.1) is 13.8 Å². The van der Waals surface area contributed by atoms with Crippen LogP contribution in [0.3, 0.4) is 0 Å². The van der Waals surface area contributed by atoms with Crippen LogP contribution in [-0.2, 0) is 16.2 Å². The van der Waals surface area contributed by atoms with E-state index in [0.29, 0.717) is 11.8 Å². The fourth-order valence-electron chi connectivity index (χ4n) is 2.92. The summed E-state index contributed by atoms with van der Waals surface area (Å²) in [6.07, 6.45) is -4.77. The molecule has 0 radical (unpaired) electrons. The molecular formula is C22H17Cl2F3N2O3S. The predicted octanol–water partition coefficient (Wildman–Crippen LogP) is 6.68. The first-order valence-corrected chi connectivity index (χ1v) is 11.6. The number of hydrogen-bond acceptors (Lipinski definition) is 3. The highest BCUT2D eigenvalue weighted by Gasteiger charge is 2.34. The molecule has 3 aromatic rings. The molecule has 3 rings (SSSR count). The van der Waals surface area contributed by atoms with Crippen molar-refractivity contribution in [2.24, 2.45) is 0 Å². The van der Waals surface area contributed by atoms with E-state index in [1.54, 1.807) is 18.2 Å². The first kappa shape index (κ1) is 24.9. The molecule has 0 spiro atoms. The summed E-state index contributed by atoms with van der Waals surface area (Å²) in [6.45, 7) is 3.69. The SMILES string of the molecule is Cc1ccc(NS(=O)(=O)c2cc(C(=O)Nc3ccc(Cl)cc3C(F)(F)F)ccc2Cl)cc1C. The number of alkyl halides is 3. The van der Waals surface area contributed by atoms with Crippen molar-refractivity contribution in [3.05, 3.63) is 86.9 Å². The van der Waals surface area contributed by atoms with Crippen LogP contribution >= 0.6 is 23.2 Å². The zero-order chi connectivity index (χ0) is 24.6. The number of amides is 1. The molecule has 0 unspecified atom stereocenters. The molecule has 0 aliphatic heterocycles. The number of rotatable bonds is 5. The van der Waals surface area contributed by atoms with E-state index >= 15 is 0 Å². The van der Waals surface area contributed by atoms with E-state index in [1.807, 2.05) is 13.8 Å². The summed E-state index contributed by atoms with van der Waals surface area (Å²) < 4.78 is 68.1. The smallest absolute Gasteiger partial charge is 0.321 e. The third-order valence-corrected chi connectivity index (χ3v) is 6.88. The number of nitrogens with one attached hydrogen (secondary N) is 2. The van der Waals surface area contributed by atoms with E-state index in [1.165, 1.54) is 18.2 Å². The third kappa shape index (κ3) is 5.79. The fraction of sp³-hybridized carbons (Fsp3) is 0.136. The standard InChI is InChI=1S/C22H17Cl2F3N2O3S/c1-12-3-6-16(9-13(12)2)29-33(31,32)20-10-14(4-7-18(20)24)21(30)28-19-8-5-15(23)11-17(19)22(25,26)27/h3-11,29H,1-2H3,(H,28,30). The van der Waals surface area contributed by atoms with Gasteiger partial charge in [-0.05, 0) is 73.5 Å². The molecule has 1 amide bonds. The first-order chi connectivity index (χ1) is 15.3. The summed E-state index contributed by atoms with van der Waals surface area (Å²) in [5.41, 5.74) is 0.252. The maximum atomic E-state index is 13.3. The molecule has 11 heteroatoms. The highest BCUT2D eigenvalue weighted by Crippen LogP contribution is 2.37. The molecule has 0 aromatic heterocycles. The molecule has 5 nitrogen and oxygen atoms in total. The summed E-state index contributed by atoms with van der Waals surface area (Å²) in [7, 11) is -4.20. The highest BCUT2D eigenvalue weighted by molar-refractivity contribution is 7.92. The molecule has 0 atom stereocenters. The van der Waals surface area contributed by atoms with Gasteiger partial charge in [-0.1, -0.05) is 29.3 Å². The van der Waals surface area contributed by atoms with Crippen LogP contribution in [0.1, 0.15) is 27.0 Å². The number of anilines is 2. The van der Waals surface area contributed by atoms with Crippen molar-refractivity contribution in [2.75, 3.05) is 10.0 Å². The van der Waals surface area contributed by atoms with Gasteiger partial charge in [0, 0.05) is 16.3 Å². The van der Waals surface area contributed by atoms with E-state index in [4.69, 9.17) is 23.2 Å². The summed E-state index contributed by atoms with van der Waals surface area (Å²) in [4.78, 5) is 12.2. The Morgan fingerprint density at radius 3 is 2.24 bits per heavy atom. The van der Waals surface area contributed by atoms with Crippen LogP contribution in [0.4, 0.5) is 24.5 Å². The van der Waals surface area contributed by atoms with Crippen LogP contribution < -0.4 is 10.0 Å². The number of carbonyl (C=O) groups is 1. The van der Waals surface area contributed by atoms with Crippen molar-refractivity contribution >= 4 is 50.5 Å². The zero-order valence-corrected chi connectivity index (χ0v) is 19.5. The van der Waals surface area contributed by atoms with Gasteiger partial charge >= 0.3 is 6.18 Å². The Bertz CT molecular complexity index is 1340. The topological polar surface area (TPSA) is 75.3 Å². The number of halogens is 5. The van der Waals surface area contributed by atoms with E-state index < -0.39 is 38.3 Å². The maximum Gasteiger partial charge on any atom is 0.418 e. The van der Waals surface area contributed by atoms with Gasteiger partial charge in [-0.15, -0.1) is 0 Å². The average molecular weight is 517 g/mol. The molecule has 174 valence electrons. The van der Waals surface area contributed by atoms with Crippen LogP contribution in [0.5, 0.6) is 0 Å². The Morgan fingerprint density at radius 1 is 0.909 bits per heavy atom. The molecule has 0 aliphatic carbocycles. The molecular weight excluding hydrogens is 500 g/mol. The summed E-state index contributed by atoms with van der Waals surface area (Å²) in [5.74, 6) is -0.956. The summed E-state index contributed by atoms with van der Waals surface area (Å²) >= 11 is 11.7. The lowest BCUT2D eigenvalue weighted by Gasteiger charge is -2.15. The van der Waals surface area contributed by atoms with E-state index in [0.717, 1.165) is 23.3 Å². The van der Waals surface area contributed by atoms with Gasteiger partial charge in [0.15, 0.2) is 0 Å². The predicted molar refractivity (Wildman–Crippen MR) is 123 cm³/mol. The van der Waals surface area contributed by atoms with Crippen LogP contribution in [0.15, 0.2) is 59.5 Å². The Labute approximate surface area is 198 Å². The Hall–Kier alpha value is -2.75. The normalized spacial score (nSPS) is 11.8. The van der Waals surface area contributed by atoms with E-state index in [9.17, 15) is 26.4 Å². The minimum atomic E-state index is -4.77. The highest BCUT2D eigenvalue weighted by atomic mass is 35.5. The van der Waals surface area contributed by atoms with E-state index in [-0.39, 0.29) is 15.6 Å². The van der Waals surface area contributed by atoms with Crippen LogP contribution in [-0.4, -0.2) is 14.3 Å². The molecule has 0 bridgehead atoms. The minimum Gasteiger partial charge on any atom is -0.321 e. The third-order valence-electron chi connectivity index (χ3n) is 4.78. The van der Waals surface area contributed by atoms with Gasteiger partial charge in [0.05, 0.1) is 16.3 Å². The van der Waals surface area contributed by atoms with Crippen LogP contribution in [0.2, 0.25) is 10.0 Å². The second-order valence-electron chi connectivity index (χ2n) is 7.19. The summed E-state index contributed by atoms with van der Waals surface area (Å²) in [6, 6.07) is 11.2. The second kappa shape index (κ2) is 9.24. The zero-order valence-electron chi connectivity index (χ0n) is 17.2. The van der Waals surface area contributed by atoms with Gasteiger partial charge in [-0.3, -0.25) is 9.52 Å². The second-order valence-corrected chi connectivity index (χ2v) is 9.69. The van der Waals surface area contributed by atoms with Crippen molar-refractivity contribution < 1.29 is 26.4 Å². The molecule has 3 aromatic carbocycles. The van der Waals surface area contributed by atoms with E-state index in [2.05, 4.69) is 10.0 Å². The molecule has 2 N–H and O–H groups in total. The molecule has 0 saturated carbocycles. The lowest BCUT2D eigenvalue weighted by Crippen LogP contribution is -2.18. The molecule has 0 fully saturated rings. The molecule has 0 aliphatic rings. The lowest BCUT2D eigenvalue weighted by molar-refractivity contribution is -0.136. The maximum absolute atomic E-state index is 13.3. The molecule has 33 heavy (non-hydrogen) atoms. The van der Waals surface area contributed by atoms with Gasteiger partial charge in [-0.2, -0.15) is 13.2 Å². The van der Waals surface area contributed by atoms with Crippen molar-refractivity contribution in [1.29, 1.82) is 0 Å². The lowest BCUT2D eigenvalue weighted by atomic mass is 10.1. The van der Waals surface area contributed by atoms with Gasteiger partial charge in [0.1, 0.15) is 4.90 Å². The Kier molecular flexibility index (Phi) is 6.97. The van der Waals surface area contributed by atoms with Crippen LogP contribution in [0.25, 0.3) is 0 Å². The van der Waals surface area contributed by atoms with Crippen molar-refractivity contribution in [1.82, 2.24) is 0 Å². The molecule has 0 saturated heterocycles. The molecule has 0 heterocycles. The monoisotopic (exact) mass is 516 g/mol. The van der Waals surface area contributed by atoms with Crippen molar-refractivity contribution in [3.63, 3.8) is 0 Å². The van der Waals surface area contributed by atoms with Crippen molar-refractivity contribution in [3.8, 4) is 0 Å². The number of sulfonamides is 1. The Balaban J connectivity index is 1.93. The number of aryl methyl sites for hydroxylation is 2. The average Bonchev–Trinajstić information content (AvgIpc) is 2.71. The quantitative estimate of drug-likeness (QED) is 0.397. The van der Waals surface area contributed by atoms with Gasteiger partial charge in [0.25, 0.3) is 15.9 Å². The first-order valence-electron chi connectivity index (χ1n) is 9.35.